The summed E-state index contributed by atoms with van der Waals surface area (Å²) in [4.78, 5) is 16.9. The number of amides is 1. The summed E-state index contributed by atoms with van der Waals surface area (Å²) in [5.74, 6) is 2.19. The van der Waals surface area contributed by atoms with Crippen molar-refractivity contribution < 1.29 is 4.79 Å². The Hall–Kier alpha value is -3.47. The molecular weight excluding hydrogens is 366 g/mol. The molecule has 3 heterocycles. The lowest BCUT2D eigenvalue weighted by molar-refractivity contribution is -0.121. The van der Waals surface area contributed by atoms with Crippen molar-refractivity contribution in [2.75, 3.05) is 11.9 Å². The smallest absolute Gasteiger partial charge is 0.224 e. The number of rotatable bonds is 4. The predicted octanol–water partition coefficient (Wildman–Crippen LogP) is 1.96. The number of hydrogen-bond acceptors (Lipinski definition) is 6. The third kappa shape index (κ3) is 3.29. The number of aromatic nitrogens is 4. The van der Waals surface area contributed by atoms with Crippen molar-refractivity contribution in [2.24, 2.45) is 0 Å². The maximum Gasteiger partial charge on any atom is 0.224 e. The fraction of sp³-hybridized carbons (Fsp3) is 0.381. The Morgan fingerprint density at radius 1 is 1.28 bits per heavy atom. The molecule has 3 aromatic rings. The van der Waals surface area contributed by atoms with Gasteiger partial charge >= 0.3 is 0 Å². The van der Waals surface area contributed by atoms with E-state index in [1.165, 1.54) is 0 Å². The van der Waals surface area contributed by atoms with Gasteiger partial charge in [0.05, 0.1) is 29.9 Å². The van der Waals surface area contributed by atoms with Gasteiger partial charge in [0.1, 0.15) is 11.6 Å². The molecule has 1 amide bonds. The molecule has 8 nitrogen and oxygen atoms in total. The Kier molecular flexibility index (Phi) is 4.35. The molecule has 0 unspecified atom stereocenters. The van der Waals surface area contributed by atoms with Crippen LogP contribution in [0, 0.1) is 11.3 Å². The third-order valence-electron chi connectivity index (χ3n) is 5.83. The quantitative estimate of drug-likeness (QED) is 0.708. The monoisotopic (exact) mass is 387 g/mol. The summed E-state index contributed by atoms with van der Waals surface area (Å²) in [5, 5.41) is 24.1. The van der Waals surface area contributed by atoms with Crippen LogP contribution in [0.2, 0.25) is 0 Å². The van der Waals surface area contributed by atoms with Crippen molar-refractivity contribution in [2.45, 2.75) is 44.1 Å². The van der Waals surface area contributed by atoms with Crippen LogP contribution in [0.1, 0.15) is 47.8 Å². The van der Waals surface area contributed by atoms with Gasteiger partial charge in [-0.2, -0.15) is 5.26 Å². The zero-order valence-corrected chi connectivity index (χ0v) is 15.9. The fourth-order valence-electron chi connectivity index (χ4n) is 4.42. The van der Waals surface area contributed by atoms with E-state index in [0.717, 1.165) is 60.8 Å². The van der Waals surface area contributed by atoms with E-state index in [1.54, 1.807) is 18.3 Å². The molecule has 2 atom stereocenters. The van der Waals surface area contributed by atoms with Crippen molar-refractivity contribution in [3.63, 3.8) is 0 Å². The van der Waals surface area contributed by atoms with Crippen molar-refractivity contribution in [3.05, 3.63) is 53.1 Å². The average molecular weight is 387 g/mol. The van der Waals surface area contributed by atoms with Crippen LogP contribution in [0.5, 0.6) is 0 Å². The Balaban J connectivity index is 1.26. The van der Waals surface area contributed by atoms with Gasteiger partial charge < -0.3 is 10.6 Å². The Morgan fingerprint density at radius 2 is 2.14 bits per heavy atom. The first-order chi connectivity index (χ1) is 14.2. The minimum atomic E-state index is 0.0146. The van der Waals surface area contributed by atoms with E-state index in [2.05, 4.69) is 36.3 Å². The number of nitrogens with zero attached hydrogens (tertiary/aromatic N) is 5. The lowest BCUT2D eigenvalue weighted by Crippen LogP contribution is -2.34. The summed E-state index contributed by atoms with van der Waals surface area (Å²) in [7, 11) is 0. The highest BCUT2D eigenvalue weighted by Crippen LogP contribution is 2.35. The summed E-state index contributed by atoms with van der Waals surface area (Å²) < 4.78 is 2.15. The number of carbonyl (C=O) groups is 1. The highest BCUT2D eigenvalue weighted by atomic mass is 16.1. The molecule has 2 aliphatic rings. The van der Waals surface area contributed by atoms with Crippen LogP contribution in [0.3, 0.4) is 0 Å². The van der Waals surface area contributed by atoms with E-state index in [0.29, 0.717) is 12.0 Å². The first kappa shape index (κ1) is 17.6. The van der Waals surface area contributed by atoms with Gasteiger partial charge in [-0.05, 0) is 37.0 Å². The molecule has 5 rings (SSSR count). The molecule has 0 bridgehead atoms. The number of benzene rings is 1. The van der Waals surface area contributed by atoms with Crippen LogP contribution in [0.25, 0.3) is 5.65 Å². The largest absolute Gasteiger partial charge is 0.368 e. The van der Waals surface area contributed by atoms with Gasteiger partial charge in [0.15, 0.2) is 5.65 Å². The maximum atomic E-state index is 12.5. The van der Waals surface area contributed by atoms with Crippen LogP contribution in [0.4, 0.5) is 5.82 Å². The van der Waals surface area contributed by atoms with Gasteiger partial charge in [-0.25, -0.2) is 4.98 Å². The van der Waals surface area contributed by atoms with E-state index in [1.807, 2.05) is 12.1 Å². The predicted molar refractivity (Wildman–Crippen MR) is 106 cm³/mol. The third-order valence-corrected chi connectivity index (χ3v) is 5.83. The van der Waals surface area contributed by atoms with E-state index in [4.69, 9.17) is 5.26 Å². The molecule has 1 saturated carbocycles. The number of nitrogens with one attached hydrogen (secondary N) is 2. The van der Waals surface area contributed by atoms with Crippen LogP contribution < -0.4 is 10.6 Å². The lowest BCUT2D eigenvalue weighted by Gasteiger charge is -2.14. The zero-order valence-electron chi connectivity index (χ0n) is 15.9. The number of fused-ring (bicyclic) bond motifs is 3. The van der Waals surface area contributed by atoms with Gasteiger partial charge in [-0.3, -0.25) is 9.20 Å². The number of anilines is 1. The van der Waals surface area contributed by atoms with Crippen LogP contribution in [0.15, 0.2) is 30.5 Å². The van der Waals surface area contributed by atoms with Crippen molar-refractivity contribution in [1.29, 1.82) is 5.26 Å². The van der Waals surface area contributed by atoms with E-state index < -0.39 is 0 Å². The molecule has 146 valence electrons. The standard InChI is InChI=1S/C21H21N7O/c22-11-14-3-1-13(2-4-14)9-19(29)25-16-6-5-15(10-16)21-27-26-18-12-24-20-17(28(18)21)7-8-23-20/h1-4,12,15-16,23H,5-10H2,(H,25,29)/t15-,16+/m1/s1. The van der Waals surface area contributed by atoms with Crippen molar-refractivity contribution in [1.82, 2.24) is 24.9 Å². The Bertz CT molecular complexity index is 1110. The molecule has 1 aliphatic heterocycles. The number of nitriles is 1. The topological polar surface area (TPSA) is 108 Å². The molecule has 0 spiro atoms. The highest BCUT2D eigenvalue weighted by Gasteiger charge is 2.31. The summed E-state index contributed by atoms with van der Waals surface area (Å²) in [6.45, 7) is 0.887. The lowest BCUT2D eigenvalue weighted by atomic mass is 10.1. The second kappa shape index (κ2) is 7.17. The van der Waals surface area contributed by atoms with Gasteiger partial charge in [0.25, 0.3) is 0 Å². The van der Waals surface area contributed by atoms with E-state index in [-0.39, 0.29) is 17.9 Å². The molecule has 0 radical (unpaired) electrons. The van der Waals surface area contributed by atoms with Gasteiger partial charge in [0.2, 0.25) is 5.91 Å². The van der Waals surface area contributed by atoms with E-state index in [9.17, 15) is 4.79 Å². The molecule has 8 heteroatoms. The summed E-state index contributed by atoms with van der Waals surface area (Å²) in [6.07, 6.45) is 5.79. The minimum absolute atomic E-state index is 0.0146. The number of carbonyl (C=O) groups excluding carboxylic acids is 1. The van der Waals surface area contributed by atoms with Crippen molar-refractivity contribution in [3.8, 4) is 6.07 Å². The molecule has 1 aromatic carbocycles. The van der Waals surface area contributed by atoms with Gasteiger partial charge in [-0.1, -0.05) is 12.1 Å². The SMILES string of the molecule is N#Cc1ccc(CC(=O)N[C@H]2CC[C@@H](c3nnc4cnc5c(n34)CCN5)C2)cc1. The molecule has 1 fully saturated rings. The van der Waals surface area contributed by atoms with Crippen LogP contribution in [-0.4, -0.2) is 38.1 Å². The molecule has 29 heavy (non-hydrogen) atoms. The fourth-order valence-corrected chi connectivity index (χ4v) is 4.42. The molecule has 2 aromatic heterocycles. The summed E-state index contributed by atoms with van der Waals surface area (Å²) >= 11 is 0. The first-order valence-corrected chi connectivity index (χ1v) is 9.96. The second-order valence-electron chi connectivity index (χ2n) is 7.74. The molecule has 0 saturated heterocycles. The minimum Gasteiger partial charge on any atom is -0.368 e. The molecule has 2 N–H and O–H groups in total. The Morgan fingerprint density at radius 3 is 2.97 bits per heavy atom. The first-order valence-electron chi connectivity index (χ1n) is 9.96. The van der Waals surface area contributed by atoms with Crippen LogP contribution in [-0.2, 0) is 17.6 Å². The summed E-state index contributed by atoms with van der Waals surface area (Å²) in [5.41, 5.74) is 3.45. The molecular formula is C21H21N7O. The van der Waals surface area contributed by atoms with E-state index >= 15 is 0 Å². The number of hydrogen-bond donors (Lipinski definition) is 2. The normalized spacial score (nSPS) is 20.2. The second-order valence-corrected chi connectivity index (χ2v) is 7.74. The highest BCUT2D eigenvalue weighted by molar-refractivity contribution is 5.79. The Labute approximate surface area is 168 Å². The van der Waals surface area contributed by atoms with Gasteiger partial charge in [-0.15, -0.1) is 10.2 Å². The zero-order chi connectivity index (χ0) is 19.8. The van der Waals surface area contributed by atoms with Gasteiger partial charge in [0, 0.05) is 24.9 Å². The van der Waals surface area contributed by atoms with Crippen molar-refractivity contribution >= 4 is 17.4 Å². The average Bonchev–Trinajstić information content (AvgIpc) is 3.46. The molecule has 1 aliphatic carbocycles. The maximum absolute atomic E-state index is 12.5. The summed E-state index contributed by atoms with van der Waals surface area (Å²) in [6, 6.07) is 9.39. The van der Waals surface area contributed by atoms with Crippen LogP contribution >= 0.6 is 0 Å².